The van der Waals surface area contributed by atoms with Gasteiger partial charge >= 0.3 is 0 Å². The Labute approximate surface area is 138 Å². The van der Waals surface area contributed by atoms with E-state index in [4.69, 9.17) is 0 Å². The number of rotatable bonds is 0. The van der Waals surface area contributed by atoms with Crippen molar-refractivity contribution in [3.63, 3.8) is 0 Å². The molecule has 2 aromatic carbocycles. The fourth-order valence-electron chi connectivity index (χ4n) is 4.08. The van der Waals surface area contributed by atoms with Crippen molar-refractivity contribution in [3.05, 3.63) is 65.6 Å². The molecule has 0 aliphatic carbocycles. The van der Waals surface area contributed by atoms with Gasteiger partial charge in [-0.1, -0.05) is 12.1 Å². The Balaban J connectivity index is 1.74. The van der Waals surface area contributed by atoms with Crippen molar-refractivity contribution in [2.75, 3.05) is 18.5 Å². The first-order valence-electron chi connectivity index (χ1n) is 8.07. The predicted octanol–water partition coefficient (Wildman–Crippen LogP) is 3.38. The average molecular weight is 321 g/mol. The summed E-state index contributed by atoms with van der Waals surface area (Å²) in [4.78, 5) is 17.0. The van der Waals surface area contributed by atoms with Crippen molar-refractivity contribution in [2.24, 2.45) is 0 Å². The first-order chi connectivity index (χ1) is 11.6. The fourth-order valence-corrected chi connectivity index (χ4v) is 4.08. The van der Waals surface area contributed by atoms with Crippen molar-refractivity contribution >= 4 is 22.5 Å². The van der Waals surface area contributed by atoms with E-state index in [0.29, 0.717) is 6.54 Å². The minimum absolute atomic E-state index is 0.0661. The van der Waals surface area contributed by atoms with Crippen LogP contribution in [-0.4, -0.2) is 29.0 Å². The van der Waals surface area contributed by atoms with Gasteiger partial charge < -0.3 is 14.4 Å². The molecule has 0 N–H and O–H groups in total. The van der Waals surface area contributed by atoms with Gasteiger partial charge in [0.15, 0.2) is 0 Å². The molecule has 3 heterocycles. The number of carbonyl (C=O) groups excluding carboxylic acids is 1. The molecule has 24 heavy (non-hydrogen) atoms. The highest BCUT2D eigenvalue weighted by Gasteiger charge is 2.40. The molecule has 3 aromatic rings. The van der Waals surface area contributed by atoms with E-state index in [1.807, 2.05) is 48.3 Å². The van der Waals surface area contributed by atoms with E-state index < -0.39 is 0 Å². The molecule has 0 radical (unpaired) electrons. The van der Waals surface area contributed by atoms with Gasteiger partial charge in [-0.3, -0.25) is 4.79 Å². The summed E-state index contributed by atoms with van der Waals surface area (Å²) in [6, 6.07) is 14.6. The van der Waals surface area contributed by atoms with Crippen LogP contribution in [0.3, 0.4) is 0 Å². The molecule has 1 amide bonds. The minimum Gasteiger partial charge on any atom is -0.349 e. The van der Waals surface area contributed by atoms with Gasteiger partial charge in [0.25, 0.3) is 5.91 Å². The normalized spacial score (nSPS) is 19.2. The first kappa shape index (κ1) is 13.6. The lowest BCUT2D eigenvalue weighted by atomic mass is 10.0. The van der Waals surface area contributed by atoms with Crippen LogP contribution in [0.5, 0.6) is 0 Å². The summed E-state index contributed by atoms with van der Waals surface area (Å²) < 4.78 is 15.8. The summed E-state index contributed by atoms with van der Waals surface area (Å²) in [6.07, 6.45) is -0.156. The molecule has 5 heteroatoms. The number of benzene rings is 2. The monoisotopic (exact) mass is 321 g/mol. The molecular weight excluding hydrogens is 305 g/mol. The Hall–Kier alpha value is -2.82. The Bertz CT molecular complexity index is 993. The van der Waals surface area contributed by atoms with E-state index in [9.17, 15) is 9.18 Å². The molecule has 2 aliphatic rings. The molecule has 4 nitrogen and oxygen atoms in total. The van der Waals surface area contributed by atoms with E-state index in [1.54, 1.807) is 6.07 Å². The van der Waals surface area contributed by atoms with Crippen LogP contribution in [-0.2, 0) is 6.54 Å². The Kier molecular flexibility index (Phi) is 2.61. The maximum Gasteiger partial charge on any atom is 0.257 e. The second-order valence-corrected chi connectivity index (χ2v) is 6.42. The number of nitrogens with zero attached hydrogens (tertiary/aromatic N) is 3. The van der Waals surface area contributed by atoms with Crippen molar-refractivity contribution in [3.8, 4) is 0 Å². The zero-order valence-electron chi connectivity index (χ0n) is 13.2. The lowest BCUT2D eigenvalue weighted by Crippen LogP contribution is -2.52. The highest BCUT2D eigenvalue weighted by molar-refractivity contribution is 6.02. The number of halogens is 1. The Morgan fingerprint density at radius 3 is 2.79 bits per heavy atom. The van der Waals surface area contributed by atoms with Gasteiger partial charge in [-0.2, -0.15) is 0 Å². The van der Waals surface area contributed by atoms with Gasteiger partial charge in [0.1, 0.15) is 12.0 Å². The average Bonchev–Trinajstić information content (AvgIpc) is 2.96. The maximum atomic E-state index is 13.6. The zero-order valence-corrected chi connectivity index (χ0v) is 13.2. The Morgan fingerprint density at radius 1 is 1.08 bits per heavy atom. The number of aromatic nitrogens is 1. The SMILES string of the molecule is CN1c2ccccc2C(=O)N2CCn3c(cc4cc(F)ccc43)C21. The van der Waals surface area contributed by atoms with Crippen LogP contribution in [0.4, 0.5) is 10.1 Å². The van der Waals surface area contributed by atoms with Gasteiger partial charge in [-0.05, 0) is 36.4 Å². The molecule has 1 unspecified atom stereocenters. The van der Waals surface area contributed by atoms with Crippen LogP contribution in [0, 0.1) is 5.82 Å². The minimum atomic E-state index is -0.235. The first-order valence-corrected chi connectivity index (χ1v) is 8.07. The van der Waals surface area contributed by atoms with Crippen molar-refractivity contribution < 1.29 is 9.18 Å². The van der Waals surface area contributed by atoms with Crippen molar-refractivity contribution in [1.82, 2.24) is 9.47 Å². The molecule has 1 atom stereocenters. The number of fused-ring (bicyclic) bond motifs is 6. The third kappa shape index (κ3) is 1.64. The molecule has 0 fully saturated rings. The number of anilines is 1. The number of para-hydroxylation sites is 1. The van der Waals surface area contributed by atoms with Crippen LogP contribution in [0.2, 0.25) is 0 Å². The Morgan fingerprint density at radius 2 is 1.92 bits per heavy atom. The molecule has 0 bridgehead atoms. The maximum absolute atomic E-state index is 13.6. The van der Waals surface area contributed by atoms with Crippen LogP contribution < -0.4 is 4.90 Å². The zero-order chi connectivity index (χ0) is 16.4. The van der Waals surface area contributed by atoms with Gasteiger partial charge in [0.05, 0.1) is 16.9 Å². The van der Waals surface area contributed by atoms with Crippen molar-refractivity contribution in [2.45, 2.75) is 12.7 Å². The second-order valence-electron chi connectivity index (χ2n) is 6.42. The van der Waals surface area contributed by atoms with Gasteiger partial charge in [0, 0.05) is 31.0 Å². The summed E-state index contributed by atoms with van der Waals surface area (Å²) >= 11 is 0. The predicted molar refractivity (Wildman–Crippen MR) is 90.5 cm³/mol. The van der Waals surface area contributed by atoms with Crippen LogP contribution in [0.15, 0.2) is 48.5 Å². The lowest BCUT2D eigenvalue weighted by molar-refractivity contribution is 0.0602. The third-order valence-corrected chi connectivity index (χ3v) is 5.16. The third-order valence-electron chi connectivity index (χ3n) is 5.16. The molecular formula is C19H16FN3O. The van der Waals surface area contributed by atoms with Crippen LogP contribution in [0.1, 0.15) is 22.2 Å². The highest BCUT2D eigenvalue weighted by atomic mass is 19.1. The fraction of sp³-hybridized carbons (Fsp3) is 0.211. The molecule has 1 aromatic heterocycles. The smallest absolute Gasteiger partial charge is 0.257 e. The molecule has 0 saturated heterocycles. The molecule has 2 aliphatic heterocycles. The molecule has 120 valence electrons. The van der Waals surface area contributed by atoms with Gasteiger partial charge in [-0.25, -0.2) is 4.39 Å². The topological polar surface area (TPSA) is 28.5 Å². The summed E-state index contributed by atoms with van der Waals surface area (Å²) in [7, 11) is 2.01. The standard InChI is InChI=1S/C19H16FN3O/c1-21-16-5-3-2-4-14(16)19(24)23-9-8-22-15-7-6-13(20)10-12(15)11-17(22)18(21)23/h2-7,10-11,18H,8-9H2,1H3. The highest BCUT2D eigenvalue weighted by Crippen LogP contribution is 2.41. The summed E-state index contributed by atoms with van der Waals surface area (Å²) in [5, 5.41) is 0.881. The summed E-state index contributed by atoms with van der Waals surface area (Å²) in [5.74, 6) is -0.169. The van der Waals surface area contributed by atoms with E-state index in [1.165, 1.54) is 6.07 Å². The second kappa shape index (κ2) is 4.60. The molecule has 0 saturated carbocycles. The quantitative estimate of drug-likeness (QED) is 0.635. The van der Waals surface area contributed by atoms with Gasteiger partial charge in [-0.15, -0.1) is 0 Å². The van der Waals surface area contributed by atoms with E-state index in [-0.39, 0.29) is 17.9 Å². The van der Waals surface area contributed by atoms with Crippen molar-refractivity contribution in [1.29, 1.82) is 0 Å². The molecule has 0 spiro atoms. The van der Waals surface area contributed by atoms with Crippen LogP contribution >= 0.6 is 0 Å². The molecule has 5 rings (SSSR count). The lowest BCUT2D eigenvalue weighted by Gasteiger charge is -2.46. The van der Waals surface area contributed by atoms with E-state index in [0.717, 1.165) is 34.4 Å². The van der Waals surface area contributed by atoms with E-state index >= 15 is 0 Å². The van der Waals surface area contributed by atoms with E-state index in [2.05, 4.69) is 9.47 Å². The summed E-state index contributed by atoms with van der Waals surface area (Å²) in [5.41, 5.74) is 3.73. The van der Waals surface area contributed by atoms with Crippen LogP contribution in [0.25, 0.3) is 10.9 Å². The number of hydrogen-bond donors (Lipinski definition) is 0. The van der Waals surface area contributed by atoms with Gasteiger partial charge in [0.2, 0.25) is 0 Å². The largest absolute Gasteiger partial charge is 0.349 e. The summed E-state index contributed by atoms with van der Waals surface area (Å²) in [6.45, 7) is 1.37. The number of hydrogen-bond acceptors (Lipinski definition) is 2. The number of amides is 1. The number of carbonyl (C=O) groups is 1.